The van der Waals surface area contributed by atoms with Crippen molar-refractivity contribution >= 4 is 18.3 Å². The molecular formula is C14H24ClN3O2. The summed E-state index contributed by atoms with van der Waals surface area (Å²) in [5.74, 6) is 0.730. The second kappa shape index (κ2) is 8.27. The third-order valence-electron chi connectivity index (χ3n) is 3.77. The first-order chi connectivity index (χ1) is 9.26. The molecule has 1 aliphatic heterocycles. The van der Waals surface area contributed by atoms with Gasteiger partial charge in [-0.25, -0.2) is 0 Å². The molecule has 1 aliphatic rings. The Morgan fingerprint density at radius 1 is 1.40 bits per heavy atom. The fourth-order valence-corrected chi connectivity index (χ4v) is 2.49. The second-order valence-corrected chi connectivity index (χ2v) is 5.03. The molecule has 0 saturated carbocycles. The summed E-state index contributed by atoms with van der Waals surface area (Å²) in [6.45, 7) is 7.60. The zero-order valence-corrected chi connectivity index (χ0v) is 13.0. The first-order valence-electron chi connectivity index (χ1n) is 7.22. The Kier molecular flexibility index (Phi) is 7.02. The predicted octanol–water partition coefficient (Wildman–Crippen LogP) is 2.44. The van der Waals surface area contributed by atoms with Crippen molar-refractivity contribution in [3.05, 3.63) is 17.5 Å². The lowest BCUT2D eigenvalue weighted by atomic mass is 9.99. The van der Waals surface area contributed by atoms with Crippen LogP contribution in [0.5, 0.6) is 0 Å². The minimum Gasteiger partial charge on any atom is -0.351 e. The number of hydrogen-bond acceptors (Lipinski definition) is 4. The standard InChI is InChI=1S/C14H23N3O2.ClH/c1-3-11(4-2)12-10-13(19-16-12)14(18)17-8-5-6-15-7-9-17;/h10-11,15H,3-9H2,1-2H3;1H. The van der Waals surface area contributed by atoms with Crippen LogP contribution in [0.25, 0.3) is 0 Å². The van der Waals surface area contributed by atoms with E-state index in [0.717, 1.165) is 51.1 Å². The summed E-state index contributed by atoms with van der Waals surface area (Å²) < 4.78 is 5.24. The molecule has 1 N–H and O–H groups in total. The molecule has 0 radical (unpaired) electrons. The van der Waals surface area contributed by atoms with Gasteiger partial charge in [0.05, 0.1) is 5.69 Å². The monoisotopic (exact) mass is 301 g/mol. The summed E-state index contributed by atoms with van der Waals surface area (Å²) >= 11 is 0. The van der Waals surface area contributed by atoms with Crippen molar-refractivity contribution in [2.24, 2.45) is 0 Å². The number of amides is 1. The van der Waals surface area contributed by atoms with E-state index in [2.05, 4.69) is 24.3 Å². The highest BCUT2D eigenvalue weighted by molar-refractivity contribution is 5.91. The van der Waals surface area contributed by atoms with Crippen molar-refractivity contribution in [1.82, 2.24) is 15.4 Å². The summed E-state index contributed by atoms with van der Waals surface area (Å²) in [6.07, 6.45) is 3.02. The van der Waals surface area contributed by atoms with Crippen LogP contribution in [0.3, 0.4) is 0 Å². The van der Waals surface area contributed by atoms with Crippen molar-refractivity contribution in [3.8, 4) is 0 Å². The van der Waals surface area contributed by atoms with Crippen molar-refractivity contribution in [2.45, 2.75) is 39.0 Å². The predicted molar refractivity (Wildman–Crippen MR) is 80.5 cm³/mol. The van der Waals surface area contributed by atoms with E-state index >= 15 is 0 Å². The first-order valence-corrected chi connectivity index (χ1v) is 7.22. The van der Waals surface area contributed by atoms with Crippen molar-refractivity contribution in [3.63, 3.8) is 0 Å². The molecule has 0 bridgehead atoms. The van der Waals surface area contributed by atoms with E-state index in [9.17, 15) is 4.79 Å². The van der Waals surface area contributed by atoms with Crippen LogP contribution in [0.2, 0.25) is 0 Å². The van der Waals surface area contributed by atoms with Gasteiger partial charge < -0.3 is 14.7 Å². The summed E-state index contributed by atoms with van der Waals surface area (Å²) in [5.41, 5.74) is 0.904. The zero-order valence-electron chi connectivity index (χ0n) is 12.2. The fraction of sp³-hybridized carbons (Fsp3) is 0.714. The maximum absolute atomic E-state index is 12.3. The summed E-state index contributed by atoms with van der Waals surface area (Å²) in [6, 6.07) is 1.82. The number of carbonyl (C=O) groups excluding carboxylic acids is 1. The number of rotatable bonds is 4. The number of aromatic nitrogens is 1. The van der Waals surface area contributed by atoms with Crippen molar-refractivity contribution < 1.29 is 9.32 Å². The Labute approximate surface area is 126 Å². The molecule has 114 valence electrons. The van der Waals surface area contributed by atoms with E-state index in [4.69, 9.17) is 4.52 Å². The Morgan fingerprint density at radius 3 is 2.85 bits per heavy atom. The molecule has 6 heteroatoms. The normalized spacial score (nSPS) is 15.8. The maximum atomic E-state index is 12.3. The van der Waals surface area contributed by atoms with E-state index in [1.807, 2.05) is 11.0 Å². The summed E-state index contributed by atoms with van der Waals surface area (Å²) in [4.78, 5) is 14.2. The fourth-order valence-electron chi connectivity index (χ4n) is 2.49. The third-order valence-corrected chi connectivity index (χ3v) is 3.77. The second-order valence-electron chi connectivity index (χ2n) is 5.03. The zero-order chi connectivity index (χ0) is 13.7. The summed E-state index contributed by atoms with van der Waals surface area (Å²) in [5, 5.41) is 7.34. The molecule has 0 aliphatic carbocycles. The SMILES string of the molecule is CCC(CC)c1cc(C(=O)N2CCCNCC2)on1.Cl. The lowest BCUT2D eigenvalue weighted by molar-refractivity contribution is 0.0724. The molecule has 2 heterocycles. The van der Waals surface area contributed by atoms with Crippen LogP contribution >= 0.6 is 12.4 Å². The minimum atomic E-state index is -0.0339. The molecule has 0 spiro atoms. The average molecular weight is 302 g/mol. The smallest absolute Gasteiger partial charge is 0.292 e. The van der Waals surface area contributed by atoms with E-state index in [-0.39, 0.29) is 18.3 Å². The van der Waals surface area contributed by atoms with Gasteiger partial charge in [0.15, 0.2) is 0 Å². The van der Waals surface area contributed by atoms with Gasteiger partial charge in [0.25, 0.3) is 5.91 Å². The molecule has 0 atom stereocenters. The average Bonchev–Trinajstić information content (AvgIpc) is 2.75. The molecular weight excluding hydrogens is 278 g/mol. The van der Waals surface area contributed by atoms with Gasteiger partial charge in [0.2, 0.25) is 5.76 Å². The molecule has 0 unspecified atom stereocenters. The number of nitrogens with one attached hydrogen (secondary N) is 1. The first kappa shape index (κ1) is 17.0. The molecule has 0 aromatic carbocycles. The summed E-state index contributed by atoms with van der Waals surface area (Å²) in [7, 11) is 0. The number of carbonyl (C=O) groups is 1. The van der Waals surface area contributed by atoms with Gasteiger partial charge in [0, 0.05) is 31.6 Å². The molecule has 2 rings (SSSR count). The van der Waals surface area contributed by atoms with Gasteiger partial charge in [0.1, 0.15) is 0 Å². The highest BCUT2D eigenvalue weighted by Crippen LogP contribution is 2.23. The molecule has 1 fully saturated rings. The van der Waals surface area contributed by atoms with Gasteiger partial charge in [-0.05, 0) is 25.8 Å². The highest BCUT2D eigenvalue weighted by Gasteiger charge is 2.22. The van der Waals surface area contributed by atoms with Gasteiger partial charge in [-0.15, -0.1) is 12.4 Å². The topological polar surface area (TPSA) is 58.4 Å². The van der Waals surface area contributed by atoms with Crippen LogP contribution in [0, 0.1) is 0 Å². The third kappa shape index (κ3) is 3.96. The lowest BCUT2D eigenvalue weighted by Crippen LogP contribution is -2.33. The molecule has 1 aromatic rings. The van der Waals surface area contributed by atoms with Crippen LogP contribution in [0.1, 0.15) is 55.3 Å². The van der Waals surface area contributed by atoms with E-state index in [1.54, 1.807) is 0 Å². The lowest BCUT2D eigenvalue weighted by Gasteiger charge is -2.17. The van der Waals surface area contributed by atoms with Crippen LogP contribution < -0.4 is 5.32 Å². The van der Waals surface area contributed by atoms with Crippen molar-refractivity contribution in [1.29, 1.82) is 0 Å². The van der Waals surface area contributed by atoms with Gasteiger partial charge >= 0.3 is 0 Å². The van der Waals surface area contributed by atoms with Gasteiger partial charge in [-0.3, -0.25) is 4.79 Å². The van der Waals surface area contributed by atoms with Crippen LogP contribution in [-0.4, -0.2) is 42.1 Å². The molecule has 1 aromatic heterocycles. The largest absolute Gasteiger partial charge is 0.351 e. The molecule has 1 amide bonds. The Balaban J connectivity index is 0.00000200. The maximum Gasteiger partial charge on any atom is 0.292 e. The number of hydrogen-bond donors (Lipinski definition) is 1. The Morgan fingerprint density at radius 2 is 2.15 bits per heavy atom. The van der Waals surface area contributed by atoms with Crippen LogP contribution in [-0.2, 0) is 0 Å². The van der Waals surface area contributed by atoms with Crippen LogP contribution in [0.4, 0.5) is 0 Å². The van der Waals surface area contributed by atoms with E-state index in [1.165, 1.54) is 0 Å². The Hall–Kier alpha value is -1.07. The van der Waals surface area contributed by atoms with Gasteiger partial charge in [-0.2, -0.15) is 0 Å². The highest BCUT2D eigenvalue weighted by atomic mass is 35.5. The van der Waals surface area contributed by atoms with E-state index < -0.39 is 0 Å². The van der Waals surface area contributed by atoms with Crippen LogP contribution in [0.15, 0.2) is 10.6 Å². The van der Waals surface area contributed by atoms with E-state index in [0.29, 0.717) is 11.7 Å². The minimum absolute atomic E-state index is 0. The molecule has 1 saturated heterocycles. The number of nitrogens with zero attached hydrogens (tertiary/aromatic N) is 2. The molecule has 20 heavy (non-hydrogen) atoms. The van der Waals surface area contributed by atoms with Gasteiger partial charge in [-0.1, -0.05) is 19.0 Å². The Bertz CT molecular complexity index is 410. The van der Waals surface area contributed by atoms with Crippen molar-refractivity contribution in [2.75, 3.05) is 26.2 Å². The number of halogens is 1. The molecule has 5 nitrogen and oxygen atoms in total. The quantitative estimate of drug-likeness (QED) is 0.928.